The third kappa shape index (κ3) is 4.27. The number of nitrogens with one attached hydrogen (secondary N) is 1. The lowest BCUT2D eigenvalue weighted by Gasteiger charge is -2.38. The van der Waals surface area contributed by atoms with Crippen molar-refractivity contribution in [2.24, 2.45) is 0 Å². The molecule has 2 heterocycles. The second-order valence-corrected chi connectivity index (χ2v) is 8.61. The number of benzene rings is 2. The van der Waals surface area contributed by atoms with Crippen LogP contribution in [0.2, 0.25) is 0 Å². The van der Waals surface area contributed by atoms with Gasteiger partial charge in [-0.05, 0) is 50.1 Å². The normalized spacial score (nSPS) is 19.8. The molecule has 0 unspecified atom stereocenters. The first-order valence-electron chi connectivity index (χ1n) is 10.4. The minimum Gasteiger partial charge on any atom is -0.497 e. The van der Waals surface area contributed by atoms with Crippen molar-refractivity contribution in [2.75, 3.05) is 13.7 Å². The van der Waals surface area contributed by atoms with Crippen LogP contribution in [0.15, 0.2) is 42.5 Å². The first-order valence-corrected chi connectivity index (χ1v) is 10.4. The standard InChI is InChI=1S/C24H28N2O4/c1-24(2)14-20(19-11-10-18(29-3)13-21(19)30-24)25-23(28)17-8-6-16(7-9-17)15-26-12-4-5-22(26)27/h6-11,13,20H,4-5,12,14-15H2,1-3H3,(H,25,28)/t20-/m1/s1. The number of ether oxygens (including phenoxy) is 2. The van der Waals surface area contributed by atoms with Crippen molar-refractivity contribution in [1.82, 2.24) is 10.2 Å². The predicted molar refractivity (Wildman–Crippen MR) is 114 cm³/mol. The van der Waals surface area contributed by atoms with Crippen molar-refractivity contribution in [3.05, 3.63) is 59.2 Å². The number of rotatable bonds is 5. The van der Waals surface area contributed by atoms with E-state index in [9.17, 15) is 9.59 Å². The van der Waals surface area contributed by atoms with Crippen LogP contribution in [-0.2, 0) is 11.3 Å². The third-order valence-electron chi connectivity index (χ3n) is 5.74. The largest absolute Gasteiger partial charge is 0.497 e. The van der Waals surface area contributed by atoms with Crippen molar-refractivity contribution in [3.63, 3.8) is 0 Å². The van der Waals surface area contributed by atoms with Crippen LogP contribution in [0.3, 0.4) is 0 Å². The molecule has 2 aliphatic rings. The lowest BCUT2D eigenvalue weighted by atomic mass is 9.89. The van der Waals surface area contributed by atoms with Gasteiger partial charge in [-0.15, -0.1) is 0 Å². The number of nitrogens with zero attached hydrogens (tertiary/aromatic N) is 1. The van der Waals surface area contributed by atoms with Gasteiger partial charge >= 0.3 is 0 Å². The molecule has 0 aliphatic carbocycles. The van der Waals surface area contributed by atoms with E-state index in [2.05, 4.69) is 5.32 Å². The van der Waals surface area contributed by atoms with Gasteiger partial charge in [0.05, 0.1) is 13.2 Å². The van der Waals surface area contributed by atoms with E-state index in [0.717, 1.165) is 35.6 Å². The van der Waals surface area contributed by atoms with Crippen molar-refractivity contribution in [3.8, 4) is 11.5 Å². The summed E-state index contributed by atoms with van der Waals surface area (Å²) < 4.78 is 11.4. The first-order chi connectivity index (χ1) is 14.3. The van der Waals surface area contributed by atoms with Gasteiger partial charge < -0.3 is 19.7 Å². The summed E-state index contributed by atoms with van der Waals surface area (Å²) in [5.74, 6) is 1.54. The monoisotopic (exact) mass is 408 g/mol. The van der Waals surface area contributed by atoms with Crippen molar-refractivity contribution < 1.29 is 19.1 Å². The molecule has 0 spiro atoms. The highest BCUT2D eigenvalue weighted by Crippen LogP contribution is 2.41. The molecular weight excluding hydrogens is 380 g/mol. The molecule has 1 N–H and O–H groups in total. The van der Waals surface area contributed by atoms with Crippen LogP contribution in [-0.4, -0.2) is 36.0 Å². The van der Waals surface area contributed by atoms with E-state index in [1.54, 1.807) is 7.11 Å². The topological polar surface area (TPSA) is 67.9 Å². The van der Waals surface area contributed by atoms with Gasteiger partial charge in [-0.3, -0.25) is 9.59 Å². The summed E-state index contributed by atoms with van der Waals surface area (Å²) in [5.41, 5.74) is 2.19. The molecule has 30 heavy (non-hydrogen) atoms. The summed E-state index contributed by atoms with van der Waals surface area (Å²) >= 11 is 0. The fraction of sp³-hybridized carbons (Fsp3) is 0.417. The maximum atomic E-state index is 12.9. The Kier molecular flexibility index (Phi) is 5.41. The average Bonchev–Trinajstić information content (AvgIpc) is 3.11. The second kappa shape index (κ2) is 8.01. The smallest absolute Gasteiger partial charge is 0.251 e. The Hall–Kier alpha value is -3.02. The molecule has 0 aromatic heterocycles. The van der Waals surface area contributed by atoms with E-state index in [0.29, 0.717) is 24.9 Å². The Morgan fingerprint density at radius 3 is 2.67 bits per heavy atom. The van der Waals surface area contributed by atoms with Crippen LogP contribution >= 0.6 is 0 Å². The van der Waals surface area contributed by atoms with E-state index in [1.165, 1.54) is 0 Å². The van der Waals surface area contributed by atoms with Crippen LogP contribution < -0.4 is 14.8 Å². The Morgan fingerprint density at radius 2 is 2.00 bits per heavy atom. The van der Waals surface area contributed by atoms with Crippen molar-refractivity contribution >= 4 is 11.8 Å². The molecule has 1 saturated heterocycles. The van der Waals surface area contributed by atoms with Crippen LogP contribution in [0.1, 0.15) is 60.6 Å². The summed E-state index contributed by atoms with van der Waals surface area (Å²) in [6.07, 6.45) is 2.23. The van der Waals surface area contributed by atoms with E-state index >= 15 is 0 Å². The highest BCUT2D eigenvalue weighted by Gasteiger charge is 2.35. The van der Waals surface area contributed by atoms with Gasteiger partial charge in [-0.2, -0.15) is 0 Å². The summed E-state index contributed by atoms with van der Waals surface area (Å²) in [6.45, 7) is 5.45. The van der Waals surface area contributed by atoms with Crippen molar-refractivity contribution in [2.45, 2.75) is 51.3 Å². The zero-order valence-corrected chi connectivity index (χ0v) is 17.7. The molecular formula is C24H28N2O4. The molecule has 0 bridgehead atoms. The number of carbonyl (C=O) groups is 2. The molecule has 1 fully saturated rings. The minimum absolute atomic E-state index is 0.122. The zero-order chi connectivity index (χ0) is 21.3. The molecule has 2 aromatic carbocycles. The summed E-state index contributed by atoms with van der Waals surface area (Å²) in [4.78, 5) is 26.6. The molecule has 0 saturated carbocycles. The zero-order valence-electron chi connectivity index (χ0n) is 17.7. The first kappa shape index (κ1) is 20.3. The number of carbonyl (C=O) groups excluding carboxylic acids is 2. The second-order valence-electron chi connectivity index (χ2n) is 8.61. The van der Waals surface area contributed by atoms with Crippen LogP contribution in [0.4, 0.5) is 0 Å². The molecule has 158 valence electrons. The van der Waals surface area contributed by atoms with Gasteiger partial charge in [-0.1, -0.05) is 12.1 Å². The quantitative estimate of drug-likeness (QED) is 0.816. The van der Waals surface area contributed by atoms with Crippen molar-refractivity contribution in [1.29, 1.82) is 0 Å². The molecule has 2 aromatic rings. The summed E-state index contributed by atoms with van der Waals surface area (Å²) in [7, 11) is 1.62. The Morgan fingerprint density at radius 1 is 1.23 bits per heavy atom. The fourth-order valence-electron chi connectivity index (χ4n) is 4.18. The third-order valence-corrected chi connectivity index (χ3v) is 5.74. The van der Waals surface area contributed by atoms with Gasteiger partial charge in [0.2, 0.25) is 5.91 Å². The molecule has 6 heteroatoms. The number of amides is 2. The lowest BCUT2D eigenvalue weighted by molar-refractivity contribution is -0.128. The number of fused-ring (bicyclic) bond motifs is 1. The Balaban J connectivity index is 1.47. The minimum atomic E-state index is -0.399. The highest BCUT2D eigenvalue weighted by atomic mass is 16.5. The lowest BCUT2D eigenvalue weighted by Crippen LogP contribution is -2.41. The Labute approximate surface area is 177 Å². The number of methoxy groups -OCH3 is 1. The predicted octanol–water partition coefficient (Wildman–Crippen LogP) is 3.85. The molecule has 2 amide bonds. The van der Waals surface area contributed by atoms with E-state index in [-0.39, 0.29) is 17.9 Å². The van der Waals surface area contributed by atoms with E-state index in [1.807, 2.05) is 61.2 Å². The van der Waals surface area contributed by atoms with Gasteiger partial charge in [0.1, 0.15) is 17.1 Å². The van der Waals surface area contributed by atoms with Gasteiger partial charge in [0.25, 0.3) is 5.91 Å². The van der Waals surface area contributed by atoms with Crippen LogP contribution in [0.25, 0.3) is 0 Å². The number of likely N-dealkylation sites (tertiary alicyclic amines) is 1. The van der Waals surface area contributed by atoms with E-state index in [4.69, 9.17) is 9.47 Å². The summed E-state index contributed by atoms with van der Waals surface area (Å²) in [6, 6.07) is 13.0. The van der Waals surface area contributed by atoms with Crippen LogP contribution in [0.5, 0.6) is 11.5 Å². The molecule has 2 aliphatic heterocycles. The van der Waals surface area contributed by atoms with Gasteiger partial charge in [0.15, 0.2) is 0 Å². The van der Waals surface area contributed by atoms with Gasteiger partial charge in [0, 0.05) is 43.1 Å². The fourth-order valence-corrected chi connectivity index (χ4v) is 4.18. The Bertz CT molecular complexity index is 952. The molecule has 6 nitrogen and oxygen atoms in total. The van der Waals surface area contributed by atoms with Gasteiger partial charge in [-0.25, -0.2) is 0 Å². The SMILES string of the molecule is COc1ccc2c(c1)OC(C)(C)C[C@H]2NC(=O)c1ccc(CN2CCCC2=O)cc1. The van der Waals surface area contributed by atoms with E-state index < -0.39 is 5.60 Å². The number of hydrogen-bond acceptors (Lipinski definition) is 4. The average molecular weight is 408 g/mol. The molecule has 4 rings (SSSR count). The maximum absolute atomic E-state index is 12.9. The van der Waals surface area contributed by atoms with Crippen LogP contribution in [0, 0.1) is 0 Å². The molecule has 1 atom stereocenters. The number of hydrogen-bond donors (Lipinski definition) is 1. The maximum Gasteiger partial charge on any atom is 0.251 e. The molecule has 0 radical (unpaired) electrons. The summed E-state index contributed by atoms with van der Waals surface area (Å²) in [5, 5.41) is 3.16. The highest BCUT2D eigenvalue weighted by molar-refractivity contribution is 5.94.